The van der Waals surface area contributed by atoms with Gasteiger partial charge < -0.3 is 15.5 Å². The molecule has 4 rings (SSSR count). The Labute approximate surface area is 207 Å². The maximum Gasteiger partial charge on any atom is 0.325 e. The highest BCUT2D eigenvalue weighted by molar-refractivity contribution is 6.09. The molecule has 8 nitrogen and oxygen atoms in total. The molecule has 35 heavy (non-hydrogen) atoms. The summed E-state index contributed by atoms with van der Waals surface area (Å²) in [6, 6.07) is 17.1. The number of hydrogen-bond donors (Lipinski definition) is 2. The fourth-order valence-electron chi connectivity index (χ4n) is 4.77. The SMILES string of the molecule is Cc1cccc(N2CCN(CCC(C)NC(=O)CN3C(=O)NC(C)(c4ccccc4)C3=O)CC2)c1. The zero-order chi connectivity index (χ0) is 25.0. The van der Waals surface area contributed by atoms with Crippen LogP contribution in [0.3, 0.4) is 0 Å². The van der Waals surface area contributed by atoms with E-state index in [4.69, 9.17) is 0 Å². The molecule has 0 aliphatic carbocycles. The highest BCUT2D eigenvalue weighted by Crippen LogP contribution is 2.28. The Balaban J connectivity index is 1.21. The molecular weight excluding hydrogens is 442 g/mol. The molecule has 2 fully saturated rings. The van der Waals surface area contributed by atoms with Crippen LogP contribution in [0, 0.1) is 6.92 Å². The van der Waals surface area contributed by atoms with Crippen molar-refractivity contribution >= 4 is 23.5 Å². The molecule has 2 saturated heterocycles. The van der Waals surface area contributed by atoms with Crippen LogP contribution in [0.2, 0.25) is 0 Å². The molecule has 2 unspecified atom stereocenters. The number of piperazine rings is 1. The first kappa shape index (κ1) is 24.7. The number of benzene rings is 2. The highest BCUT2D eigenvalue weighted by Gasteiger charge is 2.49. The summed E-state index contributed by atoms with van der Waals surface area (Å²) in [5.74, 6) is -0.745. The van der Waals surface area contributed by atoms with Gasteiger partial charge in [0.05, 0.1) is 0 Å². The lowest BCUT2D eigenvalue weighted by Crippen LogP contribution is -2.48. The Morgan fingerprint density at radius 3 is 2.46 bits per heavy atom. The third-order valence-corrected chi connectivity index (χ3v) is 6.95. The lowest BCUT2D eigenvalue weighted by molar-refractivity contribution is -0.135. The second-order valence-electron chi connectivity index (χ2n) is 9.74. The number of nitrogens with one attached hydrogen (secondary N) is 2. The predicted octanol–water partition coefficient (Wildman–Crippen LogP) is 2.48. The van der Waals surface area contributed by atoms with Crippen molar-refractivity contribution in [1.29, 1.82) is 0 Å². The molecule has 0 radical (unpaired) electrons. The van der Waals surface area contributed by atoms with E-state index in [1.165, 1.54) is 11.3 Å². The third kappa shape index (κ3) is 5.65. The van der Waals surface area contributed by atoms with Crippen molar-refractivity contribution in [2.45, 2.75) is 38.8 Å². The minimum Gasteiger partial charge on any atom is -0.369 e. The maximum atomic E-state index is 13.0. The van der Waals surface area contributed by atoms with Crippen LogP contribution >= 0.6 is 0 Å². The van der Waals surface area contributed by atoms with Gasteiger partial charge in [-0.2, -0.15) is 0 Å². The Morgan fingerprint density at radius 2 is 1.77 bits per heavy atom. The Hall–Kier alpha value is -3.39. The summed E-state index contributed by atoms with van der Waals surface area (Å²) >= 11 is 0. The van der Waals surface area contributed by atoms with Gasteiger partial charge in [0, 0.05) is 44.5 Å². The number of nitrogens with zero attached hydrogens (tertiary/aromatic N) is 3. The van der Waals surface area contributed by atoms with Crippen LogP contribution in [-0.2, 0) is 15.1 Å². The van der Waals surface area contributed by atoms with Gasteiger partial charge in [0.2, 0.25) is 5.91 Å². The predicted molar refractivity (Wildman–Crippen MR) is 136 cm³/mol. The van der Waals surface area contributed by atoms with E-state index in [2.05, 4.69) is 51.6 Å². The summed E-state index contributed by atoms with van der Waals surface area (Å²) in [6.45, 7) is 10.3. The molecule has 186 valence electrons. The molecule has 0 saturated carbocycles. The van der Waals surface area contributed by atoms with Crippen LogP contribution in [0.5, 0.6) is 0 Å². The normalized spacial score (nSPS) is 21.7. The lowest BCUT2D eigenvalue weighted by Gasteiger charge is -2.36. The van der Waals surface area contributed by atoms with Gasteiger partial charge in [-0.3, -0.25) is 19.4 Å². The number of rotatable bonds is 8. The van der Waals surface area contributed by atoms with Crippen molar-refractivity contribution < 1.29 is 14.4 Å². The van der Waals surface area contributed by atoms with E-state index in [1.54, 1.807) is 19.1 Å². The summed E-state index contributed by atoms with van der Waals surface area (Å²) in [5.41, 5.74) is 2.07. The van der Waals surface area contributed by atoms with Crippen molar-refractivity contribution in [2.24, 2.45) is 0 Å². The second kappa shape index (κ2) is 10.5. The van der Waals surface area contributed by atoms with Gasteiger partial charge in [0.15, 0.2) is 0 Å². The maximum absolute atomic E-state index is 13.0. The van der Waals surface area contributed by atoms with E-state index in [1.807, 2.05) is 25.1 Å². The number of aryl methyl sites for hydroxylation is 1. The summed E-state index contributed by atoms with van der Waals surface area (Å²) in [6.07, 6.45) is 0.804. The standard InChI is InChI=1S/C27H35N5O3/c1-20-8-7-11-23(18-20)31-16-14-30(15-17-31)13-12-21(2)28-24(33)19-32-25(34)27(3,29-26(32)35)22-9-5-4-6-10-22/h4-11,18,21H,12-17,19H2,1-3H3,(H,28,33)(H,29,35). The van der Waals surface area contributed by atoms with Crippen LogP contribution in [0.15, 0.2) is 54.6 Å². The highest BCUT2D eigenvalue weighted by atomic mass is 16.2. The molecule has 2 N–H and O–H groups in total. The molecule has 8 heteroatoms. The summed E-state index contributed by atoms with van der Waals surface area (Å²) < 4.78 is 0. The van der Waals surface area contributed by atoms with E-state index in [-0.39, 0.29) is 18.5 Å². The molecule has 0 aromatic heterocycles. The number of carbonyl (C=O) groups is 3. The molecule has 0 spiro atoms. The van der Waals surface area contributed by atoms with Crippen LogP contribution < -0.4 is 15.5 Å². The summed E-state index contributed by atoms with van der Waals surface area (Å²) in [4.78, 5) is 43.9. The van der Waals surface area contributed by atoms with Gasteiger partial charge in [-0.1, -0.05) is 42.5 Å². The van der Waals surface area contributed by atoms with Gasteiger partial charge >= 0.3 is 6.03 Å². The molecule has 4 amide bonds. The average Bonchev–Trinajstić information content (AvgIpc) is 3.07. The number of urea groups is 1. The molecule has 2 aromatic rings. The number of amides is 4. The first-order valence-electron chi connectivity index (χ1n) is 12.3. The lowest BCUT2D eigenvalue weighted by atomic mass is 9.92. The van der Waals surface area contributed by atoms with Crippen LogP contribution in [0.1, 0.15) is 31.4 Å². The smallest absolute Gasteiger partial charge is 0.325 e. The Morgan fingerprint density at radius 1 is 1.06 bits per heavy atom. The Bertz CT molecular complexity index is 1070. The first-order chi connectivity index (χ1) is 16.8. The van der Waals surface area contributed by atoms with E-state index >= 15 is 0 Å². The minimum absolute atomic E-state index is 0.0569. The van der Waals surface area contributed by atoms with Gasteiger partial charge in [0.1, 0.15) is 12.1 Å². The number of carbonyl (C=O) groups excluding carboxylic acids is 3. The van der Waals surface area contributed by atoms with Gasteiger partial charge in [-0.05, 0) is 50.5 Å². The largest absolute Gasteiger partial charge is 0.369 e. The number of imide groups is 1. The molecular formula is C27H35N5O3. The van der Waals surface area contributed by atoms with E-state index in [9.17, 15) is 14.4 Å². The van der Waals surface area contributed by atoms with Crippen LogP contribution in [-0.4, -0.2) is 73.0 Å². The van der Waals surface area contributed by atoms with Gasteiger partial charge in [-0.15, -0.1) is 0 Å². The number of hydrogen-bond acceptors (Lipinski definition) is 5. The topological polar surface area (TPSA) is 85.0 Å². The minimum atomic E-state index is -1.16. The molecule has 2 atom stereocenters. The van der Waals surface area contributed by atoms with Crippen LogP contribution in [0.4, 0.5) is 10.5 Å². The zero-order valence-electron chi connectivity index (χ0n) is 20.8. The zero-order valence-corrected chi connectivity index (χ0v) is 20.8. The average molecular weight is 478 g/mol. The van der Waals surface area contributed by atoms with Crippen molar-refractivity contribution in [3.8, 4) is 0 Å². The number of anilines is 1. The monoisotopic (exact) mass is 477 g/mol. The first-order valence-corrected chi connectivity index (χ1v) is 12.3. The fraction of sp³-hybridized carbons (Fsp3) is 0.444. The van der Waals surface area contributed by atoms with E-state index in [0.717, 1.165) is 44.0 Å². The van der Waals surface area contributed by atoms with E-state index < -0.39 is 17.5 Å². The van der Waals surface area contributed by atoms with Crippen molar-refractivity contribution in [2.75, 3.05) is 44.2 Å². The molecule has 2 aliphatic rings. The van der Waals surface area contributed by atoms with Crippen molar-refractivity contribution in [1.82, 2.24) is 20.4 Å². The van der Waals surface area contributed by atoms with Gasteiger partial charge in [-0.25, -0.2) is 4.79 Å². The van der Waals surface area contributed by atoms with Crippen LogP contribution in [0.25, 0.3) is 0 Å². The summed E-state index contributed by atoms with van der Waals surface area (Å²) in [5, 5.41) is 5.68. The quantitative estimate of drug-likeness (QED) is 0.571. The molecule has 2 heterocycles. The second-order valence-corrected chi connectivity index (χ2v) is 9.74. The molecule has 2 aliphatic heterocycles. The van der Waals surface area contributed by atoms with Crippen molar-refractivity contribution in [3.05, 3.63) is 65.7 Å². The van der Waals surface area contributed by atoms with Gasteiger partial charge in [0.25, 0.3) is 5.91 Å². The Kier molecular flexibility index (Phi) is 7.40. The fourth-order valence-corrected chi connectivity index (χ4v) is 4.77. The summed E-state index contributed by atoms with van der Waals surface area (Å²) in [7, 11) is 0. The molecule has 0 bridgehead atoms. The van der Waals surface area contributed by atoms with E-state index in [0.29, 0.717) is 5.56 Å². The van der Waals surface area contributed by atoms with Crippen molar-refractivity contribution in [3.63, 3.8) is 0 Å². The third-order valence-electron chi connectivity index (χ3n) is 6.95. The molecule has 2 aromatic carbocycles.